The number of nitrogens with one attached hydrogen (secondary N) is 1. The van der Waals surface area contributed by atoms with Crippen molar-refractivity contribution in [2.24, 2.45) is 0 Å². The normalized spacial score (nSPS) is 34.6. The van der Waals surface area contributed by atoms with E-state index in [-0.39, 0.29) is 0 Å². The molecule has 0 aromatic carbocycles. The summed E-state index contributed by atoms with van der Waals surface area (Å²) in [4.78, 5) is 0. The lowest BCUT2D eigenvalue weighted by molar-refractivity contribution is -0.0896. The summed E-state index contributed by atoms with van der Waals surface area (Å²) in [5, 5.41) is 9.28. The van der Waals surface area contributed by atoms with Crippen LogP contribution in [0, 0.1) is 0 Å². The standard InChI is InChI=1S/C7H6BrF3NO/c8-6(13)3-4(7(9,10)11)1-2-5(6)12/h1-3,5,12-13H/q-1. The van der Waals surface area contributed by atoms with Gasteiger partial charge in [-0.2, -0.15) is 13.2 Å². The lowest BCUT2D eigenvalue weighted by Crippen LogP contribution is -2.33. The Morgan fingerprint density at radius 3 is 2.46 bits per heavy atom. The molecule has 0 aromatic heterocycles. The Hall–Kier alpha value is -0.330. The van der Waals surface area contributed by atoms with Crippen molar-refractivity contribution in [2.45, 2.75) is 16.7 Å². The van der Waals surface area contributed by atoms with Gasteiger partial charge < -0.3 is 10.8 Å². The minimum absolute atomic E-state index is 0.588. The predicted molar refractivity (Wildman–Crippen MR) is 45.3 cm³/mol. The van der Waals surface area contributed by atoms with Crippen LogP contribution in [-0.4, -0.2) is 21.8 Å². The Morgan fingerprint density at radius 2 is 2.08 bits per heavy atom. The molecule has 0 aliphatic heterocycles. The van der Waals surface area contributed by atoms with Gasteiger partial charge in [-0.1, -0.05) is 34.1 Å². The summed E-state index contributed by atoms with van der Waals surface area (Å²) in [6, 6.07) is -1.13. The first kappa shape index (κ1) is 10.7. The molecule has 0 aromatic rings. The van der Waals surface area contributed by atoms with Gasteiger partial charge in [-0.25, -0.2) is 0 Å². The van der Waals surface area contributed by atoms with Crippen LogP contribution in [0.4, 0.5) is 13.2 Å². The Labute approximate surface area is 81.0 Å². The van der Waals surface area contributed by atoms with Gasteiger partial charge in [-0.15, -0.1) is 0 Å². The predicted octanol–water partition coefficient (Wildman–Crippen LogP) is 2.55. The lowest BCUT2D eigenvalue weighted by atomic mass is 10.0. The molecule has 0 saturated carbocycles. The first-order valence-electron chi connectivity index (χ1n) is 3.34. The minimum atomic E-state index is -4.49. The molecular formula is C7H6BrF3NO-. The molecule has 0 radical (unpaired) electrons. The van der Waals surface area contributed by atoms with E-state index < -0.39 is 22.3 Å². The molecule has 74 valence electrons. The van der Waals surface area contributed by atoms with Gasteiger partial charge in [0.1, 0.15) is 4.51 Å². The molecule has 1 aliphatic carbocycles. The first-order chi connectivity index (χ1) is 5.73. The van der Waals surface area contributed by atoms with Crippen molar-refractivity contribution in [1.29, 1.82) is 0 Å². The number of rotatable bonds is 0. The highest BCUT2D eigenvalue weighted by Gasteiger charge is 2.37. The fourth-order valence-corrected chi connectivity index (χ4v) is 1.27. The molecule has 6 heteroatoms. The van der Waals surface area contributed by atoms with Gasteiger partial charge in [0.2, 0.25) is 0 Å². The lowest BCUT2D eigenvalue weighted by Gasteiger charge is -2.33. The number of alkyl halides is 4. The molecule has 0 saturated heterocycles. The maximum absolute atomic E-state index is 12.1. The van der Waals surface area contributed by atoms with Crippen molar-refractivity contribution in [1.82, 2.24) is 0 Å². The highest BCUT2D eigenvalue weighted by molar-refractivity contribution is 9.10. The molecular weight excluding hydrogens is 251 g/mol. The third-order valence-electron chi connectivity index (χ3n) is 1.59. The van der Waals surface area contributed by atoms with Crippen LogP contribution in [-0.2, 0) is 0 Å². The molecule has 0 fully saturated rings. The average molecular weight is 257 g/mol. The van der Waals surface area contributed by atoms with Crippen molar-refractivity contribution in [2.75, 3.05) is 0 Å². The van der Waals surface area contributed by atoms with Gasteiger partial charge in [0, 0.05) is 0 Å². The highest BCUT2D eigenvalue weighted by atomic mass is 79.9. The molecule has 2 unspecified atom stereocenters. The van der Waals surface area contributed by atoms with E-state index in [1.165, 1.54) is 0 Å². The second kappa shape index (κ2) is 3.11. The van der Waals surface area contributed by atoms with Gasteiger partial charge in [0.05, 0.1) is 5.57 Å². The second-order valence-electron chi connectivity index (χ2n) is 2.66. The summed E-state index contributed by atoms with van der Waals surface area (Å²) in [5.41, 5.74) is 6.22. The van der Waals surface area contributed by atoms with Crippen molar-refractivity contribution in [3.63, 3.8) is 0 Å². The Bertz CT molecular complexity index is 269. The van der Waals surface area contributed by atoms with Gasteiger partial charge in [0.15, 0.2) is 0 Å². The number of hydrogen-bond donors (Lipinski definition) is 1. The minimum Gasteiger partial charge on any atom is -0.668 e. The van der Waals surface area contributed by atoms with E-state index in [9.17, 15) is 18.3 Å². The summed E-state index contributed by atoms with van der Waals surface area (Å²) in [5.74, 6) is 0. The smallest absolute Gasteiger partial charge is 0.416 e. The fraction of sp³-hybridized carbons (Fsp3) is 0.429. The summed E-state index contributed by atoms with van der Waals surface area (Å²) < 4.78 is 34.4. The van der Waals surface area contributed by atoms with Crippen molar-refractivity contribution < 1.29 is 18.3 Å². The van der Waals surface area contributed by atoms with E-state index in [0.717, 1.165) is 12.2 Å². The Balaban J connectivity index is 2.99. The maximum atomic E-state index is 12.1. The van der Waals surface area contributed by atoms with E-state index >= 15 is 0 Å². The van der Waals surface area contributed by atoms with Crippen LogP contribution in [0.25, 0.3) is 5.73 Å². The van der Waals surface area contributed by atoms with Gasteiger partial charge in [-0.3, -0.25) is 0 Å². The third kappa shape index (κ3) is 2.32. The van der Waals surface area contributed by atoms with E-state index in [1.807, 2.05) is 0 Å². The van der Waals surface area contributed by atoms with Crippen molar-refractivity contribution >= 4 is 15.9 Å². The molecule has 1 aliphatic rings. The van der Waals surface area contributed by atoms with Crippen LogP contribution in [0.15, 0.2) is 23.8 Å². The fourth-order valence-electron chi connectivity index (χ4n) is 0.867. The maximum Gasteiger partial charge on any atom is 0.416 e. The Kier molecular flexibility index (Phi) is 2.57. The molecule has 0 bridgehead atoms. The molecule has 0 amide bonds. The monoisotopic (exact) mass is 256 g/mol. The first-order valence-corrected chi connectivity index (χ1v) is 4.13. The SMILES string of the molecule is [NH-]C1C=CC(C(F)(F)F)=CC1(O)Br. The van der Waals surface area contributed by atoms with Crippen LogP contribution >= 0.6 is 15.9 Å². The summed E-state index contributed by atoms with van der Waals surface area (Å²) in [6.45, 7) is 0. The highest BCUT2D eigenvalue weighted by Crippen LogP contribution is 2.36. The van der Waals surface area contributed by atoms with Crippen molar-refractivity contribution in [3.8, 4) is 0 Å². The van der Waals surface area contributed by atoms with Crippen LogP contribution in [0.1, 0.15) is 0 Å². The van der Waals surface area contributed by atoms with E-state index in [0.29, 0.717) is 6.08 Å². The summed E-state index contributed by atoms with van der Waals surface area (Å²) in [6.07, 6.45) is -2.13. The molecule has 0 spiro atoms. The zero-order valence-corrected chi connectivity index (χ0v) is 7.85. The Morgan fingerprint density at radius 1 is 1.54 bits per heavy atom. The summed E-state index contributed by atoms with van der Waals surface area (Å²) >= 11 is 2.63. The molecule has 1 rings (SSSR count). The van der Waals surface area contributed by atoms with Crippen LogP contribution in [0.5, 0.6) is 0 Å². The third-order valence-corrected chi connectivity index (χ3v) is 2.31. The number of aliphatic hydroxyl groups is 1. The molecule has 2 atom stereocenters. The molecule has 2 N–H and O–H groups in total. The van der Waals surface area contributed by atoms with E-state index in [1.54, 1.807) is 0 Å². The summed E-state index contributed by atoms with van der Waals surface area (Å²) in [7, 11) is 0. The van der Waals surface area contributed by atoms with Crippen molar-refractivity contribution in [3.05, 3.63) is 29.5 Å². The van der Waals surface area contributed by atoms with Crippen LogP contribution in [0.3, 0.4) is 0 Å². The van der Waals surface area contributed by atoms with Gasteiger partial charge in [0.25, 0.3) is 0 Å². The van der Waals surface area contributed by atoms with Gasteiger partial charge in [-0.05, 0) is 6.08 Å². The van der Waals surface area contributed by atoms with E-state index in [4.69, 9.17) is 5.73 Å². The quantitative estimate of drug-likeness (QED) is 0.666. The average Bonchev–Trinajstić information content (AvgIpc) is 1.92. The van der Waals surface area contributed by atoms with Crippen LogP contribution < -0.4 is 0 Å². The topological polar surface area (TPSA) is 44.0 Å². The zero-order valence-electron chi connectivity index (χ0n) is 6.27. The number of halogens is 4. The largest absolute Gasteiger partial charge is 0.668 e. The zero-order chi connectivity index (χ0) is 10.3. The molecule has 13 heavy (non-hydrogen) atoms. The second-order valence-corrected chi connectivity index (χ2v) is 3.93. The molecule has 2 nitrogen and oxygen atoms in total. The van der Waals surface area contributed by atoms with Gasteiger partial charge >= 0.3 is 6.18 Å². The van der Waals surface area contributed by atoms with E-state index in [2.05, 4.69) is 15.9 Å². The molecule has 0 heterocycles. The number of allylic oxidation sites excluding steroid dienone is 2. The van der Waals surface area contributed by atoms with Crippen LogP contribution in [0.2, 0.25) is 0 Å². The number of hydrogen-bond acceptors (Lipinski definition) is 1.